The lowest BCUT2D eigenvalue weighted by molar-refractivity contribution is 0.220. The van der Waals surface area contributed by atoms with Gasteiger partial charge in [0.15, 0.2) is 11.5 Å². The molecule has 2 N–H and O–H groups in total. The van der Waals surface area contributed by atoms with E-state index in [-0.39, 0.29) is 11.2 Å². The molecule has 0 saturated carbocycles. The standard InChI is InChI=1S/C25H34N5O2/c1-30(22-11-4-2-5-12-22)25(27-24(20-31)28-30)26-14-9-17-32-23-13-8-10-21(18-23)19-29-15-6-3-7-16-29/h2,4-5,8,10-13,18,31H,3,6-7,9,14-17,19-20H2,1H3,(H,26,27,28)/q+1. The number of piperidine rings is 1. The van der Waals surface area contributed by atoms with Gasteiger partial charge in [0, 0.05) is 31.6 Å². The van der Waals surface area contributed by atoms with Gasteiger partial charge in [-0.1, -0.05) is 41.9 Å². The van der Waals surface area contributed by atoms with Gasteiger partial charge in [-0.3, -0.25) is 10.2 Å². The quantitative estimate of drug-likeness (QED) is 0.467. The molecule has 2 aliphatic heterocycles. The highest BCUT2D eigenvalue weighted by Gasteiger charge is 2.40. The summed E-state index contributed by atoms with van der Waals surface area (Å²) in [6.45, 7) is 4.47. The molecule has 1 saturated heterocycles. The predicted octanol–water partition coefficient (Wildman–Crippen LogP) is 3.34. The molecule has 1 unspecified atom stereocenters. The minimum atomic E-state index is -0.142. The van der Waals surface area contributed by atoms with E-state index in [9.17, 15) is 5.11 Å². The number of hydrogen-bond acceptors (Lipinski definition) is 5. The number of ether oxygens (including phenoxy) is 1. The first-order valence-electron chi connectivity index (χ1n) is 11.6. The van der Waals surface area contributed by atoms with Crippen LogP contribution in [0.25, 0.3) is 0 Å². The van der Waals surface area contributed by atoms with Crippen molar-refractivity contribution in [1.29, 1.82) is 0 Å². The van der Waals surface area contributed by atoms with Crippen molar-refractivity contribution in [2.75, 3.05) is 39.9 Å². The first-order valence-corrected chi connectivity index (χ1v) is 11.6. The summed E-state index contributed by atoms with van der Waals surface area (Å²) in [5, 5.41) is 17.3. The number of amidine groups is 1. The number of para-hydroxylation sites is 1. The second kappa shape index (κ2) is 10.7. The number of rotatable bonds is 9. The van der Waals surface area contributed by atoms with Crippen LogP contribution in [0.3, 0.4) is 0 Å². The molecule has 32 heavy (non-hydrogen) atoms. The fourth-order valence-corrected chi connectivity index (χ4v) is 4.25. The molecule has 0 aliphatic carbocycles. The number of quaternary nitrogens is 1. The van der Waals surface area contributed by atoms with Crippen LogP contribution in [0.5, 0.6) is 5.75 Å². The molecule has 0 bridgehead atoms. The smallest absolute Gasteiger partial charge is 0.335 e. The Morgan fingerprint density at radius 1 is 1.09 bits per heavy atom. The summed E-state index contributed by atoms with van der Waals surface area (Å²) < 4.78 is 6.17. The highest BCUT2D eigenvalue weighted by molar-refractivity contribution is 6.09. The van der Waals surface area contributed by atoms with Crippen LogP contribution < -0.4 is 14.6 Å². The van der Waals surface area contributed by atoms with Crippen LogP contribution >= 0.6 is 0 Å². The van der Waals surface area contributed by atoms with Gasteiger partial charge in [-0.15, -0.1) is 4.59 Å². The van der Waals surface area contributed by atoms with Crippen molar-refractivity contribution < 1.29 is 9.84 Å². The lowest BCUT2D eigenvalue weighted by Crippen LogP contribution is -2.47. The zero-order valence-corrected chi connectivity index (χ0v) is 18.9. The largest absolute Gasteiger partial charge is 0.494 e. The predicted molar refractivity (Wildman–Crippen MR) is 130 cm³/mol. The fraction of sp³-hybridized carbons (Fsp3) is 0.440. The Morgan fingerprint density at radius 3 is 2.69 bits per heavy atom. The Balaban J connectivity index is 1.29. The molecule has 0 amide bonds. The number of nitrogens with zero attached hydrogens (tertiary/aromatic N) is 4. The average Bonchev–Trinajstić information content (AvgIpc) is 3.17. The van der Waals surface area contributed by atoms with Crippen molar-refractivity contribution in [3.05, 3.63) is 60.2 Å². The summed E-state index contributed by atoms with van der Waals surface area (Å²) >= 11 is 0. The maximum atomic E-state index is 9.54. The zero-order valence-electron chi connectivity index (χ0n) is 18.9. The van der Waals surface area contributed by atoms with E-state index in [1.165, 1.54) is 37.9 Å². The van der Waals surface area contributed by atoms with E-state index >= 15 is 0 Å². The van der Waals surface area contributed by atoms with E-state index in [2.05, 4.69) is 33.5 Å². The van der Waals surface area contributed by atoms with E-state index in [1.54, 1.807) is 0 Å². The van der Waals surface area contributed by atoms with Gasteiger partial charge in [0.25, 0.3) is 0 Å². The van der Waals surface area contributed by atoms with Crippen molar-refractivity contribution in [2.24, 2.45) is 10.1 Å². The second-order valence-corrected chi connectivity index (χ2v) is 8.52. The van der Waals surface area contributed by atoms with Gasteiger partial charge < -0.3 is 9.84 Å². The molecule has 1 fully saturated rings. The lowest BCUT2D eigenvalue weighted by atomic mass is 10.1. The van der Waals surface area contributed by atoms with Crippen LogP contribution in [-0.4, -0.2) is 61.7 Å². The van der Waals surface area contributed by atoms with Gasteiger partial charge in [-0.2, -0.15) is 0 Å². The fourth-order valence-electron chi connectivity index (χ4n) is 4.25. The van der Waals surface area contributed by atoms with Crippen molar-refractivity contribution in [2.45, 2.75) is 32.2 Å². The first kappa shape index (κ1) is 22.5. The van der Waals surface area contributed by atoms with Crippen molar-refractivity contribution in [1.82, 2.24) is 14.8 Å². The van der Waals surface area contributed by atoms with Gasteiger partial charge in [-0.25, -0.2) is 4.99 Å². The number of nitrogens with one attached hydrogen (secondary N) is 1. The number of aliphatic hydroxyl groups excluding tert-OH is 1. The zero-order chi connectivity index (χ0) is 22.2. The molecule has 2 aromatic carbocycles. The van der Waals surface area contributed by atoms with E-state index < -0.39 is 0 Å². The Hall–Kier alpha value is -2.74. The average molecular weight is 437 g/mol. The van der Waals surface area contributed by atoms with Crippen LogP contribution in [-0.2, 0) is 6.54 Å². The van der Waals surface area contributed by atoms with Gasteiger partial charge in [0.2, 0.25) is 0 Å². The molecule has 2 aliphatic rings. The molecule has 0 spiro atoms. The third-order valence-electron chi connectivity index (χ3n) is 5.98. The Kier molecular flexibility index (Phi) is 7.52. The highest BCUT2D eigenvalue weighted by atomic mass is 16.5. The molecule has 4 rings (SSSR count). The molecule has 0 aromatic heterocycles. The van der Waals surface area contributed by atoms with Crippen LogP contribution in [0.2, 0.25) is 0 Å². The van der Waals surface area contributed by atoms with Crippen molar-refractivity contribution >= 4 is 17.5 Å². The number of guanidine groups is 1. The summed E-state index contributed by atoms with van der Waals surface area (Å²) in [5.41, 5.74) is 2.30. The lowest BCUT2D eigenvalue weighted by Gasteiger charge is -2.26. The number of aliphatic imine (C=N–C) groups is 1. The topological polar surface area (TPSA) is 69.5 Å². The maximum Gasteiger partial charge on any atom is 0.335 e. The molecule has 2 heterocycles. The molecular formula is C25H34N5O2+. The minimum absolute atomic E-state index is 0.142. The third kappa shape index (κ3) is 5.54. The molecule has 0 radical (unpaired) electrons. The normalized spacial score (nSPS) is 22.6. The third-order valence-corrected chi connectivity index (χ3v) is 5.98. The molecule has 7 heteroatoms. The Bertz CT molecular complexity index is 940. The maximum absolute atomic E-state index is 9.54. The van der Waals surface area contributed by atoms with Crippen LogP contribution in [0, 0.1) is 0 Å². The van der Waals surface area contributed by atoms with Gasteiger partial charge >= 0.3 is 5.96 Å². The van der Waals surface area contributed by atoms with Gasteiger partial charge in [0.05, 0.1) is 6.61 Å². The summed E-state index contributed by atoms with van der Waals surface area (Å²) in [6.07, 6.45) is 4.77. The number of likely N-dealkylation sites (tertiary alicyclic amines) is 1. The minimum Gasteiger partial charge on any atom is -0.494 e. The Morgan fingerprint density at radius 2 is 1.91 bits per heavy atom. The number of hydrogen-bond donors (Lipinski definition) is 2. The van der Waals surface area contributed by atoms with E-state index in [4.69, 9.17) is 9.73 Å². The highest BCUT2D eigenvalue weighted by Crippen LogP contribution is 2.24. The summed E-state index contributed by atoms with van der Waals surface area (Å²) in [4.78, 5) is 7.27. The monoisotopic (exact) mass is 436 g/mol. The van der Waals surface area contributed by atoms with Crippen molar-refractivity contribution in [3.63, 3.8) is 0 Å². The summed E-state index contributed by atoms with van der Waals surface area (Å²) in [5.74, 6) is 2.16. The molecule has 7 nitrogen and oxygen atoms in total. The molecule has 2 aromatic rings. The molecule has 1 atom stereocenters. The van der Waals surface area contributed by atoms with E-state index in [0.29, 0.717) is 24.9 Å². The van der Waals surface area contributed by atoms with Crippen molar-refractivity contribution in [3.8, 4) is 5.75 Å². The second-order valence-electron chi connectivity index (χ2n) is 8.52. The van der Waals surface area contributed by atoms with Gasteiger partial charge in [-0.05, 0) is 43.6 Å². The SMILES string of the molecule is C[N+]1(c2ccccc2)N=C(CO)NC1=NCCCOc1cccc(CN2CCCCC2)c1. The van der Waals surface area contributed by atoms with Gasteiger partial charge in [0.1, 0.15) is 19.4 Å². The molecule has 170 valence electrons. The van der Waals surface area contributed by atoms with Crippen LogP contribution in [0.4, 0.5) is 5.69 Å². The number of benzene rings is 2. The van der Waals surface area contributed by atoms with Crippen LogP contribution in [0.15, 0.2) is 64.7 Å². The summed E-state index contributed by atoms with van der Waals surface area (Å²) in [6, 6.07) is 18.4. The summed E-state index contributed by atoms with van der Waals surface area (Å²) in [7, 11) is 1.97. The van der Waals surface area contributed by atoms with E-state index in [0.717, 1.165) is 24.4 Å². The molecular weight excluding hydrogens is 402 g/mol. The van der Waals surface area contributed by atoms with Crippen LogP contribution in [0.1, 0.15) is 31.2 Å². The first-order chi connectivity index (χ1) is 15.7. The Labute approximate surface area is 190 Å². The number of aliphatic hydroxyl groups is 1. The van der Waals surface area contributed by atoms with E-state index in [1.807, 2.05) is 43.4 Å².